The molecule has 2 N–H and O–H groups in total. The van der Waals surface area contributed by atoms with Crippen molar-refractivity contribution in [2.75, 3.05) is 5.75 Å². The summed E-state index contributed by atoms with van der Waals surface area (Å²) in [5, 5.41) is 0.444. The van der Waals surface area contributed by atoms with Crippen LogP contribution in [0.25, 0.3) is 0 Å². The monoisotopic (exact) mass is 157 g/mol. The molecule has 1 saturated heterocycles. The topological polar surface area (TPSA) is 43.1 Å². The van der Waals surface area contributed by atoms with Gasteiger partial charge in [-0.2, -0.15) is 0 Å². The van der Waals surface area contributed by atoms with E-state index in [-0.39, 0.29) is 5.78 Å². The Kier molecular flexibility index (Phi) is 1.32. The van der Waals surface area contributed by atoms with Gasteiger partial charge in [-0.3, -0.25) is 4.79 Å². The molecule has 1 heterocycles. The Morgan fingerprint density at radius 2 is 2.50 bits per heavy atom. The van der Waals surface area contributed by atoms with Crippen molar-refractivity contribution in [1.29, 1.82) is 0 Å². The summed E-state index contributed by atoms with van der Waals surface area (Å²) in [5.74, 6) is 0.932. The van der Waals surface area contributed by atoms with Crippen molar-refractivity contribution in [2.45, 2.75) is 30.1 Å². The average molecular weight is 157 g/mol. The minimum Gasteiger partial charge on any atom is -0.318 e. The van der Waals surface area contributed by atoms with Gasteiger partial charge in [0.2, 0.25) is 0 Å². The molecule has 0 amide bonds. The van der Waals surface area contributed by atoms with Gasteiger partial charge >= 0.3 is 0 Å². The van der Waals surface area contributed by atoms with Crippen LogP contribution in [-0.4, -0.2) is 22.3 Å². The van der Waals surface area contributed by atoms with Crippen molar-refractivity contribution >= 4 is 17.5 Å². The second-order valence-electron chi connectivity index (χ2n) is 3.16. The van der Waals surface area contributed by atoms with Gasteiger partial charge in [0.15, 0.2) is 5.78 Å². The van der Waals surface area contributed by atoms with Gasteiger partial charge in [0.25, 0.3) is 0 Å². The minimum absolute atomic E-state index is 0.278. The van der Waals surface area contributed by atoms with Crippen LogP contribution in [0, 0.1) is 0 Å². The van der Waals surface area contributed by atoms with E-state index >= 15 is 0 Å². The van der Waals surface area contributed by atoms with Crippen LogP contribution in [0.2, 0.25) is 0 Å². The number of Topliss-reactive ketones (excluding diaryl/α,β-unsaturated/α-hetero) is 1. The molecule has 2 atom stereocenters. The molecule has 0 bridgehead atoms. The van der Waals surface area contributed by atoms with Crippen LogP contribution < -0.4 is 5.73 Å². The van der Waals surface area contributed by atoms with E-state index in [1.54, 1.807) is 11.8 Å². The van der Waals surface area contributed by atoms with Crippen LogP contribution in [-0.2, 0) is 4.79 Å². The highest BCUT2D eigenvalue weighted by Crippen LogP contribution is 2.42. The third kappa shape index (κ3) is 0.676. The highest BCUT2D eigenvalue weighted by molar-refractivity contribution is 8.01. The SMILES string of the molecule is NC12CCCC1SCC2=O. The largest absolute Gasteiger partial charge is 0.318 e. The lowest BCUT2D eigenvalue weighted by molar-refractivity contribution is -0.120. The Morgan fingerprint density at radius 1 is 1.70 bits per heavy atom. The number of nitrogens with two attached hydrogens (primary N) is 1. The van der Waals surface area contributed by atoms with Crippen LogP contribution >= 0.6 is 11.8 Å². The Labute approximate surface area is 64.5 Å². The fourth-order valence-electron chi connectivity index (χ4n) is 1.86. The summed E-state index contributed by atoms with van der Waals surface area (Å²) in [7, 11) is 0. The molecule has 10 heavy (non-hydrogen) atoms. The van der Waals surface area contributed by atoms with E-state index in [2.05, 4.69) is 0 Å². The quantitative estimate of drug-likeness (QED) is 0.558. The summed E-state index contributed by atoms with van der Waals surface area (Å²) < 4.78 is 0. The molecule has 56 valence electrons. The molecule has 2 aliphatic rings. The third-order valence-corrected chi connectivity index (χ3v) is 4.05. The average Bonchev–Trinajstić information content (AvgIpc) is 2.36. The van der Waals surface area contributed by atoms with E-state index in [1.807, 2.05) is 0 Å². The highest BCUT2D eigenvalue weighted by Gasteiger charge is 2.50. The van der Waals surface area contributed by atoms with E-state index in [1.165, 1.54) is 0 Å². The number of carbonyl (C=O) groups excluding carboxylic acids is 1. The second-order valence-corrected chi connectivity index (χ2v) is 4.35. The Balaban J connectivity index is 2.30. The third-order valence-electron chi connectivity index (χ3n) is 2.57. The number of carbonyl (C=O) groups is 1. The Bertz CT molecular complexity index is 182. The van der Waals surface area contributed by atoms with Crippen molar-refractivity contribution in [2.24, 2.45) is 5.73 Å². The van der Waals surface area contributed by atoms with E-state index in [0.717, 1.165) is 19.3 Å². The summed E-state index contributed by atoms with van der Waals surface area (Å²) in [4.78, 5) is 11.2. The molecule has 2 fully saturated rings. The molecule has 3 heteroatoms. The molecular weight excluding hydrogens is 146 g/mol. The number of rotatable bonds is 0. The summed E-state index contributed by atoms with van der Waals surface area (Å²) in [6, 6.07) is 0. The van der Waals surface area contributed by atoms with Gasteiger partial charge in [-0.05, 0) is 19.3 Å². The standard InChI is InChI=1S/C7H11NOS/c8-7-3-1-2-6(7)10-4-5(7)9/h6H,1-4,8H2. The van der Waals surface area contributed by atoms with Crippen molar-refractivity contribution < 1.29 is 4.79 Å². The van der Waals surface area contributed by atoms with Gasteiger partial charge in [0.1, 0.15) is 0 Å². The van der Waals surface area contributed by atoms with Gasteiger partial charge in [0, 0.05) is 5.25 Å². The van der Waals surface area contributed by atoms with E-state index in [0.29, 0.717) is 11.0 Å². The van der Waals surface area contributed by atoms with Crippen LogP contribution in [0.1, 0.15) is 19.3 Å². The zero-order chi connectivity index (χ0) is 7.19. The van der Waals surface area contributed by atoms with Crippen LogP contribution in [0.5, 0.6) is 0 Å². The first-order valence-electron chi connectivity index (χ1n) is 3.67. The molecule has 2 rings (SSSR count). The predicted octanol–water partition coefficient (Wildman–Crippen LogP) is 0.552. The smallest absolute Gasteiger partial charge is 0.163 e. The Hall–Kier alpha value is -0.0200. The first-order chi connectivity index (χ1) is 4.73. The van der Waals surface area contributed by atoms with E-state index < -0.39 is 5.54 Å². The summed E-state index contributed by atoms with van der Waals surface area (Å²) in [6.07, 6.45) is 3.20. The molecule has 0 aromatic carbocycles. The van der Waals surface area contributed by atoms with Gasteiger partial charge in [-0.15, -0.1) is 11.8 Å². The van der Waals surface area contributed by atoms with Gasteiger partial charge in [-0.25, -0.2) is 0 Å². The number of fused-ring (bicyclic) bond motifs is 1. The fourth-order valence-corrected chi connectivity index (χ4v) is 3.36. The molecule has 0 aromatic heterocycles. The van der Waals surface area contributed by atoms with Gasteiger partial charge in [0.05, 0.1) is 11.3 Å². The maximum absolute atomic E-state index is 11.2. The fraction of sp³-hybridized carbons (Fsp3) is 0.857. The lowest BCUT2D eigenvalue weighted by Crippen LogP contribution is -2.48. The first kappa shape index (κ1) is 6.68. The van der Waals surface area contributed by atoms with Gasteiger partial charge < -0.3 is 5.73 Å². The summed E-state index contributed by atoms with van der Waals surface area (Å²) in [6.45, 7) is 0. The number of hydrogen-bond acceptors (Lipinski definition) is 3. The molecule has 2 unspecified atom stereocenters. The zero-order valence-corrected chi connectivity index (χ0v) is 6.62. The molecule has 0 aromatic rings. The second kappa shape index (κ2) is 1.98. The van der Waals surface area contributed by atoms with Crippen molar-refractivity contribution in [3.8, 4) is 0 Å². The maximum Gasteiger partial charge on any atom is 0.163 e. The summed E-state index contributed by atoms with van der Waals surface area (Å²) in [5.41, 5.74) is 5.53. The molecule has 0 radical (unpaired) electrons. The van der Waals surface area contributed by atoms with Gasteiger partial charge in [-0.1, -0.05) is 0 Å². The molecule has 1 aliphatic carbocycles. The summed E-state index contributed by atoms with van der Waals surface area (Å²) >= 11 is 1.75. The predicted molar refractivity (Wildman–Crippen MR) is 42.0 cm³/mol. The van der Waals surface area contributed by atoms with Crippen LogP contribution in [0.3, 0.4) is 0 Å². The number of ketones is 1. The maximum atomic E-state index is 11.2. The lowest BCUT2D eigenvalue weighted by Gasteiger charge is -2.19. The lowest BCUT2D eigenvalue weighted by atomic mass is 9.95. The Morgan fingerprint density at radius 3 is 3.20 bits per heavy atom. The minimum atomic E-state index is -0.412. The van der Waals surface area contributed by atoms with Crippen molar-refractivity contribution in [3.63, 3.8) is 0 Å². The highest BCUT2D eigenvalue weighted by atomic mass is 32.2. The molecule has 2 nitrogen and oxygen atoms in total. The van der Waals surface area contributed by atoms with Crippen LogP contribution in [0.4, 0.5) is 0 Å². The van der Waals surface area contributed by atoms with Crippen molar-refractivity contribution in [3.05, 3.63) is 0 Å². The van der Waals surface area contributed by atoms with E-state index in [4.69, 9.17) is 5.73 Å². The zero-order valence-electron chi connectivity index (χ0n) is 5.80. The molecule has 1 saturated carbocycles. The van der Waals surface area contributed by atoms with E-state index in [9.17, 15) is 4.79 Å². The number of hydrogen-bond donors (Lipinski definition) is 1. The van der Waals surface area contributed by atoms with Crippen LogP contribution in [0.15, 0.2) is 0 Å². The van der Waals surface area contributed by atoms with Crippen molar-refractivity contribution in [1.82, 2.24) is 0 Å². The first-order valence-corrected chi connectivity index (χ1v) is 4.72. The molecular formula is C7H11NOS. The normalized spacial score (nSPS) is 46.1. The molecule has 0 spiro atoms. The number of thioether (sulfide) groups is 1. The molecule has 1 aliphatic heterocycles.